The number of nitrogens with zero attached hydrogens (tertiary/aromatic N) is 4. The lowest BCUT2D eigenvalue weighted by Crippen LogP contribution is -2.51. The van der Waals surface area contributed by atoms with Gasteiger partial charge < -0.3 is 59.8 Å². The molecule has 4 aromatic carbocycles. The van der Waals surface area contributed by atoms with Crippen molar-refractivity contribution in [1.82, 2.24) is 0 Å². The molecule has 0 heterocycles. The van der Waals surface area contributed by atoms with Gasteiger partial charge in [0.25, 0.3) is 0 Å². The van der Waals surface area contributed by atoms with Gasteiger partial charge in [0, 0.05) is 0 Å². The van der Waals surface area contributed by atoms with Crippen LogP contribution in [0.4, 0.5) is 0 Å². The summed E-state index contributed by atoms with van der Waals surface area (Å²) in [5.74, 6) is -0.898. The zero-order valence-corrected chi connectivity index (χ0v) is 55.2. The third-order valence-corrected chi connectivity index (χ3v) is 13.9. The van der Waals surface area contributed by atoms with E-state index in [-0.39, 0.29) is 23.9 Å². The molecule has 0 aliphatic heterocycles. The Morgan fingerprint density at radius 3 is 0.747 bits per heavy atom. The number of carbonyl (C=O) groups is 4. The van der Waals surface area contributed by atoms with Gasteiger partial charge in [-0.2, -0.15) is 0 Å². The Labute approximate surface area is 506 Å². The summed E-state index contributed by atoms with van der Waals surface area (Å²) in [7, 11) is 10.7. The predicted molar refractivity (Wildman–Crippen MR) is 348 cm³/mol. The smallest absolute Gasteiger partial charge is 0.338 e. The van der Waals surface area contributed by atoms with Gasteiger partial charge in [0.1, 0.15) is 52.6 Å². The monoisotopic (exact) mass is 1170 g/mol. The van der Waals surface area contributed by atoms with E-state index in [0.717, 1.165) is 96.5 Å². The Hall–Kier alpha value is -5.56. The largest absolute Gasteiger partial charge is 0.456 e. The van der Waals surface area contributed by atoms with Crippen LogP contribution in [0.25, 0.3) is 0 Å². The van der Waals surface area contributed by atoms with Crippen molar-refractivity contribution in [3.63, 3.8) is 0 Å². The molecule has 0 saturated carbocycles. The second kappa shape index (κ2) is 54.4. The average molecular weight is 1170 g/mol. The molecule has 4 aromatic rings. The van der Waals surface area contributed by atoms with Gasteiger partial charge in [0.15, 0.2) is 0 Å². The van der Waals surface area contributed by atoms with Crippen LogP contribution in [-0.2, 0) is 18.9 Å². The van der Waals surface area contributed by atoms with Gasteiger partial charge in [-0.1, -0.05) is 114 Å². The highest BCUT2D eigenvalue weighted by Gasteiger charge is 2.26. The Balaban J connectivity index is -0.000000480. The van der Waals surface area contributed by atoms with Crippen molar-refractivity contribution in [2.75, 3.05) is 160 Å². The third kappa shape index (κ3) is 40.4. The van der Waals surface area contributed by atoms with Crippen molar-refractivity contribution in [2.24, 2.45) is 22.9 Å². The van der Waals surface area contributed by atoms with Crippen molar-refractivity contribution < 1.29 is 56.1 Å². The maximum absolute atomic E-state index is 12.0. The fraction of sp³-hybridized carbons (Fsp3) is 0.582. The molecule has 474 valence electrons. The summed E-state index contributed by atoms with van der Waals surface area (Å²) in [6.45, 7) is 38.2. The highest BCUT2D eigenvalue weighted by molar-refractivity contribution is 5.90. The number of ether oxygens (including phenoxy) is 4. The maximum Gasteiger partial charge on any atom is 0.338 e. The minimum absolute atomic E-state index is 0.211. The normalized spacial score (nSPS) is 11.1. The van der Waals surface area contributed by atoms with E-state index >= 15 is 0 Å². The second-order valence-electron chi connectivity index (χ2n) is 20.5. The molecule has 1 atom stereocenters. The summed E-state index contributed by atoms with van der Waals surface area (Å²) in [4.78, 5) is 47.1. The highest BCUT2D eigenvalue weighted by atomic mass is 16.5. The SMILES string of the molecule is CCCC[N+](CC)(CCC)CCOC(=O)c1ccccc1.CCC[N+](CC)(CCC)CCOC(=O)c1ccccc1.CCN.CC[N+](CC)(CC)CCOC(=O)c1ccccc1.CN.CN.CN.C[N+](C)(C)CCOC(=O)c1ccccc1. The molecule has 4 rings (SSSR count). The van der Waals surface area contributed by atoms with E-state index < -0.39 is 0 Å². The van der Waals surface area contributed by atoms with Gasteiger partial charge in [-0.15, -0.1) is 0 Å². The van der Waals surface area contributed by atoms with Gasteiger partial charge in [-0.3, -0.25) is 0 Å². The molecule has 83 heavy (non-hydrogen) atoms. The van der Waals surface area contributed by atoms with Crippen molar-refractivity contribution >= 4 is 23.9 Å². The van der Waals surface area contributed by atoms with Gasteiger partial charge in [-0.05, 0) is 137 Å². The fourth-order valence-electron chi connectivity index (χ4n) is 8.72. The minimum Gasteiger partial charge on any atom is -0.456 e. The van der Waals surface area contributed by atoms with Crippen LogP contribution in [0, 0.1) is 0 Å². The molecule has 0 aliphatic rings. The Kier molecular flexibility index (Phi) is 55.0. The minimum atomic E-state index is -0.246. The molecular weight excluding hydrogens is 1040 g/mol. The lowest BCUT2D eigenvalue weighted by atomic mass is 10.2. The predicted octanol–water partition coefficient (Wildman–Crippen LogP) is 10.3. The molecule has 0 aliphatic carbocycles. The molecule has 0 amide bonds. The fourth-order valence-corrected chi connectivity index (χ4v) is 8.72. The van der Waals surface area contributed by atoms with Crippen LogP contribution in [0.1, 0.15) is 143 Å². The number of quaternary nitrogens is 4. The van der Waals surface area contributed by atoms with E-state index in [9.17, 15) is 19.2 Å². The van der Waals surface area contributed by atoms with Crippen LogP contribution in [0.3, 0.4) is 0 Å². The van der Waals surface area contributed by atoms with Crippen molar-refractivity contribution in [2.45, 2.75) is 101 Å². The highest BCUT2D eigenvalue weighted by Crippen LogP contribution is 2.14. The lowest BCUT2D eigenvalue weighted by Gasteiger charge is -2.37. The molecular formula is C67H122N8O8+4. The van der Waals surface area contributed by atoms with E-state index in [1.165, 1.54) is 66.3 Å². The lowest BCUT2D eigenvalue weighted by molar-refractivity contribution is -0.926. The number of hydrogen-bond acceptors (Lipinski definition) is 12. The van der Waals surface area contributed by atoms with Gasteiger partial charge >= 0.3 is 23.9 Å². The van der Waals surface area contributed by atoms with E-state index in [4.69, 9.17) is 24.7 Å². The first-order chi connectivity index (χ1) is 39.9. The van der Waals surface area contributed by atoms with Gasteiger partial charge in [0.2, 0.25) is 0 Å². The van der Waals surface area contributed by atoms with Gasteiger partial charge in [-0.25, -0.2) is 19.2 Å². The summed E-state index contributed by atoms with van der Waals surface area (Å²) in [6.07, 6.45) is 5.96. The molecule has 0 spiro atoms. The number of unbranched alkanes of at least 4 members (excludes halogenated alkanes) is 1. The number of hydrogen-bond donors (Lipinski definition) is 4. The summed E-state index contributed by atoms with van der Waals surface area (Å²) < 4.78 is 25.3. The molecule has 1 unspecified atom stereocenters. The molecule has 8 N–H and O–H groups in total. The zero-order valence-electron chi connectivity index (χ0n) is 55.2. The van der Waals surface area contributed by atoms with E-state index in [1.807, 2.05) is 79.7 Å². The number of carbonyl (C=O) groups excluding carboxylic acids is 4. The zero-order chi connectivity index (χ0) is 63.9. The first-order valence-corrected chi connectivity index (χ1v) is 30.6. The number of rotatable bonds is 30. The van der Waals surface area contributed by atoms with Crippen LogP contribution in [0.2, 0.25) is 0 Å². The summed E-state index contributed by atoms with van der Waals surface area (Å²) >= 11 is 0. The Morgan fingerprint density at radius 2 is 0.542 bits per heavy atom. The molecule has 0 bridgehead atoms. The van der Waals surface area contributed by atoms with Crippen LogP contribution >= 0.6 is 0 Å². The van der Waals surface area contributed by atoms with E-state index in [2.05, 4.69) is 101 Å². The topological polar surface area (TPSA) is 209 Å². The van der Waals surface area contributed by atoms with Crippen LogP contribution in [0.15, 0.2) is 121 Å². The number of nitrogens with two attached hydrogens (primary N) is 4. The van der Waals surface area contributed by atoms with Crippen LogP contribution < -0.4 is 22.9 Å². The van der Waals surface area contributed by atoms with Gasteiger partial charge in [0.05, 0.1) is 102 Å². The summed E-state index contributed by atoms with van der Waals surface area (Å²) in [5.41, 5.74) is 20.9. The number of likely N-dealkylation sites (N-methyl/N-ethyl adjacent to an activating group) is 4. The first kappa shape index (κ1) is 83.9. The van der Waals surface area contributed by atoms with Crippen molar-refractivity contribution in [3.8, 4) is 0 Å². The molecule has 0 radical (unpaired) electrons. The average Bonchev–Trinajstić information content (AvgIpc) is 3.52. The van der Waals surface area contributed by atoms with Crippen molar-refractivity contribution in [1.29, 1.82) is 0 Å². The van der Waals surface area contributed by atoms with Crippen LogP contribution in [-0.4, -0.2) is 202 Å². The standard InChI is InChI=1S/C18H30NO2.C17H28NO2.C15H24NO2.C12H18NO2.C2H7N.3CH5N/c1-4-7-14-19(6-3,13-5-2)15-16-21-18(20)17-11-9-8-10-12-17;1-4-12-18(6-3,13-5-2)14-15-20-17(19)16-10-8-7-9-11-16;1-4-16(5-2,6-3)12-13-18-15(17)14-10-8-7-9-11-14;1-13(2,3)9-10-15-12(14)11-7-5-4-6-8-11;1-2-3;3*1-2/h8-12H,4-7,13-16H2,1-3H3;7-11H,4-6,12-15H2,1-3H3;7-11H,4-6,12-13H2,1-3H3;4-8H,9-10H2,1-3H3;2-3H2,1H3;3*2H2,1H3/q4*+1;;;;. The Morgan fingerprint density at radius 1 is 0.325 bits per heavy atom. The summed E-state index contributed by atoms with van der Waals surface area (Å²) in [6, 6.07) is 36.6. The first-order valence-electron chi connectivity index (χ1n) is 30.6. The second-order valence-corrected chi connectivity index (χ2v) is 20.5. The van der Waals surface area contributed by atoms with E-state index in [1.54, 1.807) is 48.5 Å². The number of benzene rings is 4. The van der Waals surface area contributed by atoms with E-state index in [0.29, 0.717) is 48.7 Å². The third-order valence-electron chi connectivity index (χ3n) is 13.9. The number of esters is 4. The summed E-state index contributed by atoms with van der Waals surface area (Å²) in [5, 5.41) is 0. The molecule has 0 aromatic heterocycles. The molecule has 16 nitrogen and oxygen atoms in total. The maximum atomic E-state index is 12.0. The Bertz CT molecular complexity index is 2080. The molecule has 0 fully saturated rings. The molecule has 16 heteroatoms. The van der Waals surface area contributed by atoms with Crippen LogP contribution in [0.5, 0.6) is 0 Å². The van der Waals surface area contributed by atoms with Crippen molar-refractivity contribution in [3.05, 3.63) is 144 Å². The quantitative estimate of drug-likeness (QED) is 0.0218. The molecule has 0 saturated heterocycles.